The van der Waals surface area contributed by atoms with Crippen molar-refractivity contribution in [1.82, 2.24) is 5.32 Å². The van der Waals surface area contributed by atoms with Crippen LogP contribution in [0.15, 0.2) is 24.3 Å². The molecule has 0 radical (unpaired) electrons. The van der Waals surface area contributed by atoms with Crippen LogP contribution in [-0.4, -0.2) is 25.2 Å². The van der Waals surface area contributed by atoms with E-state index in [1.165, 1.54) is 12.8 Å². The van der Waals surface area contributed by atoms with E-state index in [2.05, 4.69) is 29.7 Å². The number of benzene rings is 1. The summed E-state index contributed by atoms with van der Waals surface area (Å²) in [5.74, 6) is 0.837. The van der Waals surface area contributed by atoms with Crippen LogP contribution in [-0.2, 0) is 0 Å². The average Bonchev–Trinajstić information content (AvgIpc) is 3.18. The molecule has 0 aromatic heterocycles. The van der Waals surface area contributed by atoms with Crippen LogP contribution in [0.4, 0.5) is 16.2 Å². The number of rotatable bonds is 5. The molecule has 4 nitrogen and oxygen atoms in total. The van der Waals surface area contributed by atoms with Crippen LogP contribution < -0.4 is 15.5 Å². The van der Waals surface area contributed by atoms with Gasteiger partial charge in [0, 0.05) is 30.5 Å². The molecule has 1 atom stereocenters. The highest BCUT2D eigenvalue weighted by atomic mass is 16.2. The normalized spacial score (nSPS) is 20.3. The molecule has 19 heavy (non-hydrogen) atoms. The standard InChI is InChI=1S/C15H21N3O/c1-2-14(11-6-7-11)17-12-4-3-5-13(10-12)18-9-8-16-15(18)19/h3-5,10-11,14,17H,2,6-9H2,1H3,(H,16,19). The molecular formula is C15H21N3O. The Kier molecular flexibility index (Phi) is 3.32. The molecule has 4 heteroatoms. The minimum absolute atomic E-state index is 0.00591. The quantitative estimate of drug-likeness (QED) is 0.854. The Morgan fingerprint density at radius 3 is 2.95 bits per heavy atom. The number of carbonyl (C=O) groups excluding carboxylic acids is 1. The first-order valence-electron chi connectivity index (χ1n) is 7.20. The lowest BCUT2D eigenvalue weighted by Crippen LogP contribution is -2.28. The number of hydrogen-bond donors (Lipinski definition) is 2. The first-order chi connectivity index (χ1) is 9.28. The first kappa shape index (κ1) is 12.3. The Bertz CT molecular complexity index is 470. The van der Waals surface area contributed by atoms with Crippen molar-refractivity contribution in [2.75, 3.05) is 23.3 Å². The van der Waals surface area contributed by atoms with Crippen molar-refractivity contribution in [3.05, 3.63) is 24.3 Å². The van der Waals surface area contributed by atoms with Gasteiger partial charge in [0.05, 0.1) is 0 Å². The Morgan fingerprint density at radius 2 is 2.32 bits per heavy atom. The van der Waals surface area contributed by atoms with Crippen molar-refractivity contribution in [2.45, 2.75) is 32.2 Å². The Morgan fingerprint density at radius 1 is 1.47 bits per heavy atom. The molecule has 1 aliphatic carbocycles. The van der Waals surface area contributed by atoms with Crippen LogP contribution in [0.25, 0.3) is 0 Å². The lowest BCUT2D eigenvalue weighted by molar-refractivity contribution is 0.252. The molecular weight excluding hydrogens is 238 g/mol. The molecule has 2 aliphatic rings. The van der Waals surface area contributed by atoms with Crippen LogP contribution in [0, 0.1) is 5.92 Å². The molecule has 0 spiro atoms. The molecule has 1 heterocycles. The van der Waals surface area contributed by atoms with Crippen molar-refractivity contribution in [1.29, 1.82) is 0 Å². The van der Waals surface area contributed by atoms with E-state index in [4.69, 9.17) is 0 Å². The molecule has 2 fully saturated rings. The Labute approximate surface area is 114 Å². The number of amides is 2. The third kappa shape index (κ3) is 2.67. The fraction of sp³-hybridized carbons (Fsp3) is 0.533. The van der Waals surface area contributed by atoms with Gasteiger partial charge in [-0.3, -0.25) is 4.90 Å². The first-order valence-corrected chi connectivity index (χ1v) is 7.20. The topological polar surface area (TPSA) is 44.4 Å². The van der Waals surface area contributed by atoms with Crippen molar-refractivity contribution in [3.8, 4) is 0 Å². The highest BCUT2D eigenvalue weighted by Gasteiger charge is 2.30. The second-order valence-corrected chi connectivity index (χ2v) is 5.43. The summed E-state index contributed by atoms with van der Waals surface area (Å²) in [6, 6.07) is 8.75. The SMILES string of the molecule is CCC(Nc1cccc(N2CCNC2=O)c1)C1CC1. The van der Waals surface area contributed by atoms with Crippen LogP contribution in [0.2, 0.25) is 0 Å². The second-order valence-electron chi connectivity index (χ2n) is 5.43. The van der Waals surface area contributed by atoms with E-state index >= 15 is 0 Å². The summed E-state index contributed by atoms with van der Waals surface area (Å²) < 4.78 is 0. The lowest BCUT2D eigenvalue weighted by atomic mass is 10.1. The van der Waals surface area contributed by atoms with Gasteiger partial charge in [0.1, 0.15) is 0 Å². The summed E-state index contributed by atoms with van der Waals surface area (Å²) >= 11 is 0. The van der Waals surface area contributed by atoms with Gasteiger partial charge in [-0.25, -0.2) is 4.79 Å². The van der Waals surface area contributed by atoms with E-state index in [0.717, 1.165) is 36.8 Å². The number of anilines is 2. The van der Waals surface area contributed by atoms with E-state index in [9.17, 15) is 4.79 Å². The molecule has 1 aliphatic heterocycles. The van der Waals surface area contributed by atoms with Gasteiger partial charge < -0.3 is 10.6 Å². The molecule has 2 amide bonds. The van der Waals surface area contributed by atoms with Gasteiger partial charge in [0.25, 0.3) is 0 Å². The van der Waals surface area contributed by atoms with Gasteiger partial charge >= 0.3 is 6.03 Å². The summed E-state index contributed by atoms with van der Waals surface area (Å²) in [5.41, 5.74) is 2.10. The fourth-order valence-corrected chi connectivity index (χ4v) is 2.75. The Balaban J connectivity index is 1.73. The van der Waals surface area contributed by atoms with E-state index in [1.807, 2.05) is 12.1 Å². The van der Waals surface area contributed by atoms with Crippen molar-refractivity contribution >= 4 is 17.4 Å². The van der Waals surface area contributed by atoms with Gasteiger partial charge in [-0.2, -0.15) is 0 Å². The monoisotopic (exact) mass is 259 g/mol. The molecule has 1 aromatic rings. The maximum absolute atomic E-state index is 11.7. The highest BCUT2D eigenvalue weighted by Crippen LogP contribution is 2.36. The molecule has 0 bridgehead atoms. The number of nitrogens with one attached hydrogen (secondary N) is 2. The summed E-state index contributed by atoms with van der Waals surface area (Å²) in [7, 11) is 0. The highest BCUT2D eigenvalue weighted by molar-refractivity contribution is 5.94. The number of carbonyl (C=O) groups is 1. The molecule has 1 aromatic carbocycles. The van der Waals surface area contributed by atoms with Crippen LogP contribution in [0.3, 0.4) is 0 Å². The maximum atomic E-state index is 11.7. The van der Waals surface area contributed by atoms with E-state index in [-0.39, 0.29) is 6.03 Å². The van der Waals surface area contributed by atoms with Crippen LogP contribution in [0.1, 0.15) is 26.2 Å². The Hall–Kier alpha value is -1.71. The largest absolute Gasteiger partial charge is 0.382 e. The van der Waals surface area contributed by atoms with Gasteiger partial charge in [-0.05, 0) is 43.4 Å². The molecule has 3 rings (SSSR count). The lowest BCUT2D eigenvalue weighted by Gasteiger charge is -2.20. The second kappa shape index (κ2) is 5.11. The van der Waals surface area contributed by atoms with Gasteiger partial charge in [0.15, 0.2) is 0 Å². The average molecular weight is 259 g/mol. The summed E-state index contributed by atoms with van der Waals surface area (Å²) in [6.45, 7) is 3.71. The smallest absolute Gasteiger partial charge is 0.321 e. The van der Waals surface area contributed by atoms with E-state index in [0.29, 0.717) is 6.04 Å². The minimum Gasteiger partial charge on any atom is -0.382 e. The van der Waals surface area contributed by atoms with Gasteiger partial charge in [-0.1, -0.05) is 13.0 Å². The minimum atomic E-state index is 0.00591. The fourth-order valence-electron chi connectivity index (χ4n) is 2.75. The molecule has 1 unspecified atom stereocenters. The third-order valence-corrected chi connectivity index (χ3v) is 4.00. The van der Waals surface area contributed by atoms with Crippen molar-refractivity contribution < 1.29 is 4.79 Å². The molecule has 2 N–H and O–H groups in total. The number of urea groups is 1. The molecule has 1 saturated heterocycles. The van der Waals surface area contributed by atoms with Crippen molar-refractivity contribution in [3.63, 3.8) is 0 Å². The van der Waals surface area contributed by atoms with Gasteiger partial charge in [-0.15, -0.1) is 0 Å². The number of hydrogen-bond acceptors (Lipinski definition) is 2. The summed E-state index contributed by atoms with van der Waals surface area (Å²) in [5, 5.41) is 6.45. The zero-order chi connectivity index (χ0) is 13.2. The molecule has 1 saturated carbocycles. The van der Waals surface area contributed by atoms with E-state index in [1.54, 1.807) is 4.90 Å². The van der Waals surface area contributed by atoms with Crippen LogP contribution in [0.5, 0.6) is 0 Å². The van der Waals surface area contributed by atoms with Crippen molar-refractivity contribution in [2.24, 2.45) is 5.92 Å². The summed E-state index contributed by atoms with van der Waals surface area (Å²) in [6.07, 6.45) is 3.85. The predicted molar refractivity (Wildman–Crippen MR) is 77.6 cm³/mol. The van der Waals surface area contributed by atoms with E-state index < -0.39 is 0 Å². The third-order valence-electron chi connectivity index (χ3n) is 4.00. The predicted octanol–water partition coefficient (Wildman–Crippen LogP) is 2.82. The zero-order valence-corrected chi connectivity index (χ0v) is 11.4. The summed E-state index contributed by atoms with van der Waals surface area (Å²) in [4.78, 5) is 13.5. The maximum Gasteiger partial charge on any atom is 0.321 e. The van der Waals surface area contributed by atoms with Gasteiger partial charge in [0.2, 0.25) is 0 Å². The number of nitrogens with zero attached hydrogens (tertiary/aromatic N) is 1. The zero-order valence-electron chi connectivity index (χ0n) is 11.4. The molecule has 102 valence electrons. The van der Waals surface area contributed by atoms with Crippen LogP contribution >= 0.6 is 0 Å².